The molecule has 2 aromatic carbocycles. The number of nitrogens with two attached hydrogens (primary N) is 1. The number of rotatable bonds is 5. The van der Waals surface area contributed by atoms with Crippen LogP contribution in [-0.2, 0) is 6.42 Å². The Bertz CT molecular complexity index is 847. The Morgan fingerprint density at radius 3 is 2.32 bits per heavy atom. The predicted molar refractivity (Wildman–Crippen MR) is 99.0 cm³/mol. The second kappa shape index (κ2) is 7.57. The summed E-state index contributed by atoms with van der Waals surface area (Å²) in [5, 5.41) is 2.91. The Morgan fingerprint density at radius 1 is 1.00 bits per heavy atom. The van der Waals surface area contributed by atoms with Gasteiger partial charge in [0.25, 0.3) is 5.91 Å². The lowest BCUT2D eigenvalue weighted by Crippen LogP contribution is -2.35. The topological polar surface area (TPSA) is 80.9 Å². The second-order valence-corrected chi connectivity index (χ2v) is 5.93. The summed E-state index contributed by atoms with van der Waals surface area (Å²) in [4.78, 5) is 20.1. The van der Waals surface area contributed by atoms with E-state index in [0.29, 0.717) is 0 Å². The van der Waals surface area contributed by atoms with E-state index in [1.807, 2.05) is 25.1 Å². The van der Waals surface area contributed by atoms with Crippen LogP contribution in [-0.4, -0.2) is 21.9 Å². The highest BCUT2D eigenvalue weighted by molar-refractivity contribution is 5.96. The molecule has 5 heteroatoms. The number of nitrogens with one attached hydrogen (secondary N) is 1. The van der Waals surface area contributed by atoms with Gasteiger partial charge in [0.2, 0.25) is 0 Å². The highest BCUT2D eigenvalue weighted by atomic mass is 16.2. The van der Waals surface area contributed by atoms with E-state index in [2.05, 4.69) is 51.7 Å². The van der Waals surface area contributed by atoms with Gasteiger partial charge in [-0.2, -0.15) is 0 Å². The van der Waals surface area contributed by atoms with Gasteiger partial charge < -0.3 is 11.1 Å². The quantitative estimate of drug-likeness (QED) is 0.752. The van der Waals surface area contributed by atoms with Gasteiger partial charge in [-0.15, -0.1) is 0 Å². The maximum absolute atomic E-state index is 12.2. The third kappa shape index (κ3) is 4.20. The van der Waals surface area contributed by atoms with Crippen molar-refractivity contribution in [3.63, 3.8) is 0 Å². The molecule has 0 radical (unpaired) electrons. The maximum Gasteiger partial charge on any atom is 0.273 e. The van der Waals surface area contributed by atoms with Crippen LogP contribution in [0.15, 0.2) is 67.0 Å². The van der Waals surface area contributed by atoms with Crippen molar-refractivity contribution in [3.05, 3.63) is 78.2 Å². The normalized spacial score (nSPS) is 11.7. The Hall–Kier alpha value is -3.21. The average molecular weight is 332 g/mol. The average Bonchev–Trinajstić information content (AvgIpc) is 2.63. The van der Waals surface area contributed by atoms with E-state index in [4.69, 9.17) is 5.73 Å². The minimum absolute atomic E-state index is 0.0449. The molecule has 0 fully saturated rings. The number of nitrogen functional groups attached to an aromatic ring is 1. The number of benzene rings is 2. The fraction of sp³-hybridized carbons (Fsp3) is 0.150. The van der Waals surface area contributed by atoms with Crippen molar-refractivity contribution >= 4 is 11.7 Å². The molecule has 0 unspecified atom stereocenters. The molecule has 126 valence electrons. The van der Waals surface area contributed by atoms with Gasteiger partial charge in [0.05, 0.1) is 0 Å². The first-order valence-electron chi connectivity index (χ1n) is 8.15. The summed E-state index contributed by atoms with van der Waals surface area (Å²) >= 11 is 0. The van der Waals surface area contributed by atoms with E-state index < -0.39 is 0 Å². The highest BCUT2D eigenvalue weighted by Crippen LogP contribution is 2.19. The fourth-order valence-electron chi connectivity index (χ4n) is 2.68. The summed E-state index contributed by atoms with van der Waals surface area (Å²) in [5.41, 5.74) is 9.36. The number of amides is 1. The molecule has 1 aromatic heterocycles. The predicted octanol–water partition coefficient (Wildman–Crippen LogP) is 3.09. The van der Waals surface area contributed by atoms with Gasteiger partial charge in [-0.05, 0) is 30.0 Å². The van der Waals surface area contributed by atoms with Crippen LogP contribution in [0.2, 0.25) is 0 Å². The lowest BCUT2D eigenvalue weighted by Gasteiger charge is -2.14. The zero-order valence-electron chi connectivity index (χ0n) is 14.0. The second-order valence-electron chi connectivity index (χ2n) is 5.93. The van der Waals surface area contributed by atoms with Gasteiger partial charge in [0.15, 0.2) is 11.5 Å². The van der Waals surface area contributed by atoms with Crippen molar-refractivity contribution in [1.82, 2.24) is 15.3 Å². The molecule has 25 heavy (non-hydrogen) atoms. The first-order chi connectivity index (χ1) is 12.1. The van der Waals surface area contributed by atoms with E-state index in [9.17, 15) is 4.79 Å². The minimum Gasteiger partial charge on any atom is -0.382 e. The van der Waals surface area contributed by atoms with Crippen LogP contribution in [0.4, 0.5) is 5.82 Å². The number of carbonyl (C=O) groups is 1. The summed E-state index contributed by atoms with van der Waals surface area (Å²) < 4.78 is 0. The number of anilines is 1. The molecule has 0 aliphatic rings. The van der Waals surface area contributed by atoms with Crippen molar-refractivity contribution in [3.8, 4) is 11.1 Å². The Morgan fingerprint density at radius 2 is 1.64 bits per heavy atom. The van der Waals surface area contributed by atoms with Gasteiger partial charge in [-0.1, -0.05) is 54.6 Å². The van der Waals surface area contributed by atoms with E-state index in [1.54, 1.807) is 0 Å². The summed E-state index contributed by atoms with van der Waals surface area (Å²) in [6.07, 6.45) is 3.64. The zero-order valence-corrected chi connectivity index (χ0v) is 14.0. The van der Waals surface area contributed by atoms with Crippen molar-refractivity contribution in [1.29, 1.82) is 0 Å². The van der Waals surface area contributed by atoms with Crippen LogP contribution in [0, 0.1) is 0 Å². The Labute approximate surface area is 146 Å². The van der Waals surface area contributed by atoms with Gasteiger partial charge in [0, 0.05) is 18.4 Å². The third-order valence-electron chi connectivity index (χ3n) is 3.92. The molecule has 5 nitrogen and oxygen atoms in total. The van der Waals surface area contributed by atoms with Crippen LogP contribution in [0.25, 0.3) is 11.1 Å². The maximum atomic E-state index is 12.2. The van der Waals surface area contributed by atoms with Crippen molar-refractivity contribution < 1.29 is 4.79 Å². The summed E-state index contributed by atoms with van der Waals surface area (Å²) in [6.45, 7) is 1.95. The van der Waals surface area contributed by atoms with E-state index in [-0.39, 0.29) is 23.5 Å². The molecule has 0 spiro atoms. The van der Waals surface area contributed by atoms with Crippen molar-refractivity contribution in [2.45, 2.75) is 19.4 Å². The first-order valence-corrected chi connectivity index (χ1v) is 8.15. The SMILES string of the molecule is C[C@@H](Cc1ccc(-c2ccccc2)cc1)NC(=O)c1nccnc1N. The molecular weight excluding hydrogens is 312 g/mol. The molecule has 0 bridgehead atoms. The molecule has 0 aliphatic carbocycles. The Kier molecular flexibility index (Phi) is 5.04. The molecule has 1 atom stereocenters. The molecule has 0 saturated heterocycles. The molecule has 3 rings (SSSR count). The van der Waals surface area contributed by atoms with Gasteiger partial charge >= 0.3 is 0 Å². The smallest absolute Gasteiger partial charge is 0.273 e. The van der Waals surface area contributed by atoms with Gasteiger partial charge in [0.1, 0.15) is 0 Å². The monoisotopic (exact) mass is 332 g/mol. The van der Waals surface area contributed by atoms with Crippen molar-refractivity contribution in [2.75, 3.05) is 5.73 Å². The van der Waals surface area contributed by atoms with E-state index in [0.717, 1.165) is 12.0 Å². The summed E-state index contributed by atoms with van der Waals surface area (Å²) in [6, 6.07) is 18.6. The summed E-state index contributed by atoms with van der Waals surface area (Å²) in [5.74, 6) is -0.168. The lowest BCUT2D eigenvalue weighted by atomic mass is 10.0. The van der Waals surface area contributed by atoms with Crippen LogP contribution in [0.5, 0.6) is 0 Å². The zero-order chi connectivity index (χ0) is 17.6. The molecule has 1 heterocycles. The van der Waals surface area contributed by atoms with Crippen LogP contribution in [0.3, 0.4) is 0 Å². The standard InChI is InChI=1S/C20H20N4O/c1-14(24-20(25)18-19(21)23-12-11-22-18)13-15-7-9-17(10-8-15)16-5-3-2-4-6-16/h2-12,14H,13H2,1H3,(H2,21,23)(H,24,25)/t14-/m0/s1. The first kappa shape index (κ1) is 16.6. The fourth-order valence-corrected chi connectivity index (χ4v) is 2.68. The van der Waals surface area contributed by atoms with Crippen LogP contribution < -0.4 is 11.1 Å². The molecule has 3 N–H and O–H groups in total. The molecule has 0 saturated carbocycles. The third-order valence-corrected chi connectivity index (χ3v) is 3.92. The van der Waals surface area contributed by atoms with Crippen LogP contribution >= 0.6 is 0 Å². The molecule has 0 aliphatic heterocycles. The van der Waals surface area contributed by atoms with Gasteiger partial charge in [-0.25, -0.2) is 9.97 Å². The lowest BCUT2D eigenvalue weighted by molar-refractivity contribution is 0.0935. The number of hydrogen-bond donors (Lipinski definition) is 2. The molecular formula is C20H20N4O. The highest BCUT2D eigenvalue weighted by Gasteiger charge is 2.14. The number of nitrogens with zero attached hydrogens (tertiary/aromatic N) is 2. The van der Waals surface area contributed by atoms with Crippen molar-refractivity contribution in [2.24, 2.45) is 0 Å². The molecule has 1 amide bonds. The number of aromatic nitrogens is 2. The molecule has 3 aromatic rings. The van der Waals surface area contributed by atoms with E-state index in [1.165, 1.54) is 23.5 Å². The number of carbonyl (C=O) groups excluding carboxylic acids is 1. The van der Waals surface area contributed by atoms with E-state index >= 15 is 0 Å². The Balaban J connectivity index is 1.62. The summed E-state index contributed by atoms with van der Waals surface area (Å²) in [7, 11) is 0. The van der Waals surface area contributed by atoms with Gasteiger partial charge in [-0.3, -0.25) is 4.79 Å². The largest absolute Gasteiger partial charge is 0.382 e. The van der Waals surface area contributed by atoms with Crippen LogP contribution in [0.1, 0.15) is 23.0 Å². The number of hydrogen-bond acceptors (Lipinski definition) is 4. The minimum atomic E-state index is -0.306.